The SMILES string of the molecule is C[C@H](C(=O)O)[C@@H](NC(=O)c1cc(N2CCCC2=O)ccc1F)c1ccccc1. The third-order valence-electron chi connectivity index (χ3n) is 4.91. The Morgan fingerprint density at radius 3 is 2.50 bits per heavy atom. The minimum atomic E-state index is -1.08. The fourth-order valence-electron chi connectivity index (χ4n) is 3.30. The zero-order chi connectivity index (χ0) is 20.3. The summed E-state index contributed by atoms with van der Waals surface area (Å²) in [5.74, 6) is -3.53. The first kappa shape index (κ1) is 19.5. The van der Waals surface area contributed by atoms with Gasteiger partial charge in [0.2, 0.25) is 5.91 Å². The smallest absolute Gasteiger partial charge is 0.308 e. The molecule has 2 N–H and O–H groups in total. The van der Waals surface area contributed by atoms with Crippen LogP contribution in [0.2, 0.25) is 0 Å². The number of carboxylic acid groups (broad SMARTS) is 1. The lowest BCUT2D eigenvalue weighted by Crippen LogP contribution is -2.36. The number of rotatable bonds is 6. The van der Waals surface area contributed by atoms with Crippen molar-refractivity contribution in [3.63, 3.8) is 0 Å². The summed E-state index contributed by atoms with van der Waals surface area (Å²) in [6, 6.07) is 11.8. The first-order valence-electron chi connectivity index (χ1n) is 9.07. The molecule has 2 atom stereocenters. The highest BCUT2D eigenvalue weighted by atomic mass is 19.1. The number of amides is 2. The van der Waals surface area contributed by atoms with E-state index in [1.54, 1.807) is 30.3 Å². The third kappa shape index (κ3) is 4.03. The third-order valence-corrected chi connectivity index (χ3v) is 4.91. The lowest BCUT2D eigenvalue weighted by atomic mass is 9.94. The van der Waals surface area contributed by atoms with Crippen LogP contribution in [0.5, 0.6) is 0 Å². The molecule has 6 nitrogen and oxygen atoms in total. The van der Waals surface area contributed by atoms with Gasteiger partial charge in [-0.2, -0.15) is 0 Å². The number of nitrogens with zero attached hydrogens (tertiary/aromatic N) is 1. The van der Waals surface area contributed by atoms with Crippen LogP contribution in [0.4, 0.5) is 10.1 Å². The van der Waals surface area contributed by atoms with Crippen molar-refractivity contribution in [1.82, 2.24) is 5.32 Å². The summed E-state index contributed by atoms with van der Waals surface area (Å²) in [6.45, 7) is 2.00. The molecular formula is C21H21FN2O4. The van der Waals surface area contributed by atoms with Gasteiger partial charge in [0.15, 0.2) is 0 Å². The molecule has 2 amide bonds. The Hall–Kier alpha value is -3.22. The van der Waals surface area contributed by atoms with E-state index in [0.717, 1.165) is 6.07 Å². The number of halogens is 1. The van der Waals surface area contributed by atoms with Crippen LogP contribution >= 0.6 is 0 Å². The van der Waals surface area contributed by atoms with Gasteiger partial charge in [-0.15, -0.1) is 0 Å². The van der Waals surface area contributed by atoms with Crippen LogP contribution in [0.25, 0.3) is 0 Å². The zero-order valence-corrected chi connectivity index (χ0v) is 15.4. The molecule has 1 heterocycles. The number of carbonyl (C=O) groups excluding carboxylic acids is 2. The van der Waals surface area contributed by atoms with Crippen LogP contribution in [0.3, 0.4) is 0 Å². The normalized spacial score (nSPS) is 15.9. The molecule has 1 aliphatic rings. The number of anilines is 1. The molecule has 7 heteroatoms. The highest BCUT2D eigenvalue weighted by Crippen LogP contribution is 2.26. The number of carbonyl (C=O) groups is 3. The van der Waals surface area contributed by atoms with E-state index in [1.165, 1.54) is 24.0 Å². The Kier molecular flexibility index (Phi) is 5.73. The van der Waals surface area contributed by atoms with E-state index >= 15 is 0 Å². The predicted octanol–water partition coefficient (Wildman–Crippen LogP) is 3.14. The summed E-state index contributed by atoms with van der Waals surface area (Å²) in [5, 5.41) is 12.0. The molecule has 0 aliphatic carbocycles. The van der Waals surface area contributed by atoms with Crippen LogP contribution in [0.15, 0.2) is 48.5 Å². The Bertz CT molecular complexity index is 901. The quantitative estimate of drug-likeness (QED) is 0.801. The summed E-state index contributed by atoms with van der Waals surface area (Å²) in [6.07, 6.45) is 1.13. The summed E-state index contributed by atoms with van der Waals surface area (Å²) >= 11 is 0. The molecule has 2 aromatic carbocycles. The number of nitrogens with one attached hydrogen (secondary N) is 1. The molecule has 1 aliphatic heterocycles. The van der Waals surface area contributed by atoms with Crippen LogP contribution in [-0.2, 0) is 9.59 Å². The Labute approximate surface area is 162 Å². The minimum absolute atomic E-state index is 0.0698. The van der Waals surface area contributed by atoms with Gasteiger partial charge in [-0.25, -0.2) is 4.39 Å². The Balaban J connectivity index is 1.89. The standard InChI is InChI=1S/C21H21FN2O4/c1-13(21(27)28)19(14-6-3-2-4-7-14)23-20(26)16-12-15(9-10-17(16)22)24-11-5-8-18(24)25/h2-4,6-7,9-10,12-13,19H,5,8,11H2,1H3,(H,23,26)(H,27,28)/t13-,19+/m0/s1. The largest absolute Gasteiger partial charge is 0.481 e. The van der Waals surface area contributed by atoms with Crippen molar-refractivity contribution in [2.75, 3.05) is 11.4 Å². The van der Waals surface area contributed by atoms with Gasteiger partial charge < -0.3 is 15.3 Å². The van der Waals surface area contributed by atoms with E-state index in [1.807, 2.05) is 0 Å². The first-order chi connectivity index (χ1) is 13.4. The molecule has 28 heavy (non-hydrogen) atoms. The van der Waals surface area contributed by atoms with Crippen LogP contribution < -0.4 is 10.2 Å². The summed E-state index contributed by atoms with van der Waals surface area (Å²) in [5.41, 5.74) is 0.837. The lowest BCUT2D eigenvalue weighted by molar-refractivity contribution is -0.142. The zero-order valence-electron chi connectivity index (χ0n) is 15.4. The first-order valence-corrected chi connectivity index (χ1v) is 9.07. The van der Waals surface area contributed by atoms with Crippen molar-refractivity contribution in [2.24, 2.45) is 5.92 Å². The maximum Gasteiger partial charge on any atom is 0.308 e. The molecule has 0 spiro atoms. The van der Waals surface area contributed by atoms with Crippen molar-refractivity contribution < 1.29 is 23.9 Å². The van der Waals surface area contributed by atoms with Gasteiger partial charge in [0.05, 0.1) is 17.5 Å². The van der Waals surface area contributed by atoms with Crippen LogP contribution in [0.1, 0.15) is 41.7 Å². The van der Waals surface area contributed by atoms with Gasteiger partial charge in [0.1, 0.15) is 5.82 Å². The van der Waals surface area contributed by atoms with Crippen LogP contribution in [0, 0.1) is 11.7 Å². The second-order valence-corrected chi connectivity index (χ2v) is 6.80. The molecule has 1 saturated heterocycles. The Morgan fingerprint density at radius 1 is 1.18 bits per heavy atom. The molecule has 0 aromatic heterocycles. The Morgan fingerprint density at radius 2 is 1.89 bits per heavy atom. The van der Waals surface area contributed by atoms with Gasteiger partial charge >= 0.3 is 5.97 Å². The van der Waals surface area contributed by atoms with E-state index in [-0.39, 0.29) is 11.5 Å². The predicted molar refractivity (Wildman–Crippen MR) is 101 cm³/mol. The average molecular weight is 384 g/mol. The van der Waals surface area contributed by atoms with E-state index in [4.69, 9.17) is 0 Å². The number of carboxylic acids is 1. The van der Waals surface area contributed by atoms with Crippen LogP contribution in [-0.4, -0.2) is 29.4 Å². The molecular weight excluding hydrogens is 363 g/mol. The average Bonchev–Trinajstić information content (AvgIpc) is 3.12. The molecule has 0 radical (unpaired) electrons. The lowest BCUT2D eigenvalue weighted by Gasteiger charge is -2.23. The topological polar surface area (TPSA) is 86.7 Å². The fourth-order valence-corrected chi connectivity index (χ4v) is 3.30. The monoisotopic (exact) mass is 384 g/mol. The number of hydrogen-bond acceptors (Lipinski definition) is 3. The van der Waals surface area contributed by atoms with Gasteiger partial charge in [0.25, 0.3) is 5.91 Å². The molecule has 0 saturated carbocycles. The van der Waals surface area contributed by atoms with Crippen molar-refractivity contribution in [2.45, 2.75) is 25.8 Å². The van der Waals surface area contributed by atoms with E-state index in [2.05, 4.69) is 5.32 Å². The molecule has 0 bridgehead atoms. The molecule has 146 valence electrons. The van der Waals surface area contributed by atoms with Gasteiger partial charge in [-0.05, 0) is 37.1 Å². The van der Waals surface area contributed by atoms with Crippen molar-refractivity contribution in [3.8, 4) is 0 Å². The molecule has 1 fully saturated rings. The molecule has 3 rings (SSSR count). The fraction of sp³-hybridized carbons (Fsp3) is 0.286. The summed E-state index contributed by atoms with van der Waals surface area (Å²) in [7, 11) is 0. The van der Waals surface area contributed by atoms with Gasteiger partial charge in [-0.1, -0.05) is 30.3 Å². The highest BCUT2D eigenvalue weighted by molar-refractivity contribution is 5.99. The molecule has 2 aromatic rings. The maximum absolute atomic E-state index is 14.3. The maximum atomic E-state index is 14.3. The summed E-state index contributed by atoms with van der Waals surface area (Å²) < 4.78 is 14.3. The summed E-state index contributed by atoms with van der Waals surface area (Å²) in [4.78, 5) is 37.7. The van der Waals surface area contributed by atoms with Crippen molar-refractivity contribution in [1.29, 1.82) is 0 Å². The second kappa shape index (κ2) is 8.21. The van der Waals surface area contributed by atoms with Gasteiger partial charge in [-0.3, -0.25) is 14.4 Å². The molecule has 0 unspecified atom stereocenters. The number of hydrogen-bond donors (Lipinski definition) is 2. The second-order valence-electron chi connectivity index (χ2n) is 6.80. The minimum Gasteiger partial charge on any atom is -0.481 e. The van der Waals surface area contributed by atoms with Gasteiger partial charge in [0, 0.05) is 18.7 Å². The van der Waals surface area contributed by atoms with E-state index < -0.39 is 29.7 Å². The van der Waals surface area contributed by atoms with Crippen molar-refractivity contribution in [3.05, 3.63) is 65.5 Å². The van der Waals surface area contributed by atoms with Crippen molar-refractivity contribution >= 4 is 23.5 Å². The highest BCUT2D eigenvalue weighted by Gasteiger charge is 2.29. The van der Waals surface area contributed by atoms with E-state index in [0.29, 0.717) is 30.6 Å². The van der Waals surface area contributed by atoms with E-state index in [9.17, 15) is 23.9 Å². The number of benzene rings is 2. The number of aliphatic carboxylic acids is 1.